The summed E-state index contributed by atoms with van der Waals surface area (Å²) >= 11 is 3.40. The second-order valence-corrected chi connectivity index (χ2v) is 5.23. The molecule has 0 aliphatic rings. The molecule has 0 saturated heterocycles. The zero-order valence-electron chi connectivity index (χ0n) is 11.8. The molecule has 0 amide bonds. The average molecular weight is 347 g/mol. The minimum absolute atomic E-state index is 0.116. The van der Waals surface area contributed by atoms with Crippen LogP contribution in [0.5, 0.6) is 11.5 Å². The number of ether oxygens (including phenoxy) is 2. The van der Waals surface area contributed by atoms with Gasteiger partial charge in [-0.1, -0.05) is 34.1 Å². The van der Waals surface area contributed by atoms with Gasteiger partial charge in [0.05, 0.1) is 19.8 Å². The molecular weight excluding hydrogens is 332 g/mol. The second kappa shape index (κ2) is 7.09. The molecule has 0 aromatic heterocycles. The molecule has 0 saturated carbocycles. The predicted octanol–water partition coefficient (Wildman–Crippen LogP) is 4.36. The highest BCUT2D eigenvalue weighted by Gasteiger charge is 2.10. The third-order valence-corrected chi connectivity index (χ3v) is 3.44. The van der Waals surface area contributed by atoms with E-state index in [0.29, 0.717) is 17.1 Å². The number of benzene rings is 2. The van der Waals surface area contributed by atoms with Crippen LogP contribution in [0.25, 0.3) is 6.08 Å². The molecule has 2 aromatic rings. The number of hydrogen-bond donors (Lipinski definition) is 0. The molecule has 0 unspecified atom stereocenters. The van der Waals surface area contributed by atoms with Gasteiger partial charge in [-0.2, -0.15) is 0 Å². The molecule has 0 aliphatic heterocycles. The maximum Gasteiger partial charge on any atom is 0.189 e. The summed E-state index contributed by atoms with van der Waals surface area (Å²) in [5, 5.41) is 0. The van der Waals surface area contributed by atoms with Crippen LogP contribution < -0.4 is 9.47 Å². The zero-order valence-corrected chi connectivity index (χ0v) is 13.4. The molecule has 0 radical (unpaired) electrons. The third kappa shape index (κ3) is 3.95. The first-order valence-corrected chi connectivity index (χ1v) is 7.13. The largest absolute Gasteiger partial charge is 0.497 e. The van der Waals surface area contributed by atoms with Crippen molar-refractivity contribution in [1.82, 2.24) is 0 Å². The van der Waals surface area contributed by atoms with Gasteiger partial charge < -0.3 is 9.47 Å². The summed E-state index contributed by atoms with van der Waals surface area (Å²) in [6.07, 6.45) is 3.31. The summed E-state index contributed by atoms with van der Waals surface area (Å²) in [7, 11) is 3.10. The van der Waals surface area contributed by atoms with Crippen molar-refractivity contribution >= 4 is 27.8 Å². The Morgan fingerprint density at radius 3 is 2.57 bits per heavy atom. The number of hydrogen-bond acceptors (Lipinski definition) is 3. The molecular formula is C17H15BrO3. The highest BCUT2D eigenvalue weighted by Crippen LogP contribution is 2.25. The summed E-state index contributed by atoms with van der Waals surface area (Å²) in [6, 6.07) is 12.9. The molecule has 4 heteroatoms. The molecule has 0 fully saturated rings. The fraction of sp³-hybridized carbons (Fsp3) is 0.118. The first-order valence-electron chi connectivity index (χ1n) is 6.34. The maximum absolute atomic E-state index is 12.3. The first kappa shape index (κ1) is 15.3. The van der Waals surface area contributed by atoms with E-state index < -0.39 is 0 Å². The first-order chi connectivity index (χ1) is 10.1. The molecule has 0 N–H and O–H groups in total. The van der Waals surface area contributed by atoms with Crippen LogP contribution in [0.2, 0.25) is 0 Å². The Hall–Kier alpha value is -2.07. The van der Waals surface area contributed by atoms with Crippen molar-refractivity contribution in [3.8, 4) is 11.5 Å². The standard InChI is InChI=1S/C17H15BrO3/c1-20-14-7-8-15(17(11-14)21-2)16(19)9-6-12-4-3-5-13(18)10-12/h3-11H,1-2H3/b9-6+. The number of allylic oxidation sites excluding steroid dienone is 1. The van der Waals surface area contributed by atoms with Crippen molar-refractivity contribution in [3.05, 3.63) is 64.1 Å². The Kier molecular flexibility index (Phi) is 5.17. The van der Waals surface area contributed by atoms with E-state index in [0.717, 1.165) is 10.0 Å². The van der Waals surface area contributed by atoms with Gasteiger partial charge in [0.2, 0.25) is 0 Å². The number of ketones is 1. The van der Waals surface area contributed by atoms with E-state index in [-0.39, 0.29) is 5.78 Å². The van der Waals surface area contributed by atoms with Crippen LogP contribution in [0.1, 0.15) is 15.9 Å². The third-order valence-electron chi connectivity index (χ3n) is 2.95. The predicted molar refractivity (Wildman–Crippen MR) is 87.1 cm³/mol. The molecule has 108 valence electrons. The summed E-state index contributed by atoms with van der Waals surface area (Å²) in [5.74, 6) is 1.03. The van der Waals surface area contributed by atoms with E-state index in [1.807, 2.05) is 24.3 Å². The van der Waals surface area contributed by atoms with Crippen molar-refractivity contribution in [2.45, 2.75) is 0 Å². The molecule has 2 aromatic carbocycles. The van der Waals surface area contributed by atoms with Crippen LogP contribution in [0.4, 0.5) is 0 Å². The smallest absolute Gasteiger partial charge is 0.189 e. The Labute approximate surface area is 132 Å². The minimum Gasteiger partial charge on any atom is -0.497 e. The lowest BCUT2D eigenvalue weighted by Gasteiger charge is -2.07. The second-order valence-electron chi connectivity index (χ2n) is 4.32. The van der Waals surface area contributed by atoms with Crippen LogP contribution in [0, 0.1) is 0 Å². The number of rotatable bonds is 5. The quantitative estimate of drug-likeness (QED) is 0.595. The lowest BCUT2D eigenvalue weighted by atomic mass is 10.1. The van der Waals surface area contributed by atoms with E-state index in [9.17, 15) is 4.79 Å². The summed E-state index contributed by atoms with van der Waals surface area (Å²) in [6.45, 7) is 0. The normalized spacial score (nSPS) is 10.6. The van der Waals surface area contributed by atoms with Crippen LogP contribution in [0.15, 0.2) is 53.0 Å². The highest BCUT2D eigenvalue weighted by atomic mass is 79.9. The van der Waals surface area contributed by atoms with Gasteiger partial charge in [0.25, 0.3) is 0 Å². The van der Waals surface area contributed by atoms with Gasteiger partial charge in [0.15, 0.2) is 5.78 Å². The average Bonchev–Trinajstić information content (AvgIpc) is 2.52. The van der Waals surface area contributed by atoms with E-state index in [1.54, 1.807) is 31.4 Å². The Morgan fingerprint density at radius 1 is 1.10 bits per heavy atom. The van der Waals surface area contributed by atoms with Crippen molar-refractivity contribution in [2.75, 3.05) is 14.2 Å². The molecule has 0 spiro atoms. The van der Waals surface area contributed by atoms with Crippen LogP contribution in [0.3, 0.4) is 0 Å². The number of carbonyl (C=O) groups excluding carboxylic acids is 1. The van der Waals surface area contributed by atoms with E-state index in [1.165, 1.54) is 13.2 Å². The number of carbonyl (C=O) groups is 1. The van der Waals surface area contributed by atoms with Gasteiger partial charge in [0.1, 0.15) is 11.5 Å². The van der Waals surface area contributed by atoms with Gasteiger partial charge in [-0.25, -0.2) is 0 Å². The Morgan fingerprint density at radius 2 is 1.90 bits per heavy atom. The summed E-state index contributed by atoms with van der Waals surface area (Å²) in [4.78, 5) is 12.3. The maximum atomic E-state index is 12.3. The lowest BCUT2D eigenvalue weighted by Crippen LogP contribution is -1.99. The number of methoxy groups -OCH3 is 2. The monoisotopic (exact) mass is 346 g/mol. The minimum atomic E-state index is -0.116. The molecule has 0 aliphatic carbocycles. The fourth-order valence-electron chi connectivity index (χ4n) is 1.87. The number of halogens is 1. The molecule has 0 heterocycles. The van der Waals surface area contributed by atoms with Gasteiger partial charge in [-0.3, -0.25) is 4.79 Å². The van der Waals surface area contributed by atoms with Crippen molar-refractivity contribution in [3.63, 3.8) is 0 Å². The highest BCUT2D eigenvalue weighted by molar-refractivity contribution is 9.10. The zero-order chi connectivity index (χ0) is 15.2. The van der Waals surface area contributed by atoms with E-state index >= 15 is 0 Å². The summed E-state index contributed by atoms with van der Waals surface area (Å²) < 4.78 is 11.3. The van der Waals surface area contributed by atoms with Crippen molar-refractivity contribution in [2.24, 2.45) is 0 Å². The molecule has 3 nitrogen and oxygen atoms in total. The molecule has 0 atom stereocenters. The van der Waals surface area contributed by atoms with Crippen LogP contribution in [-0.2, 0) is 0 Å². The van der Waals surface area contributed by atoms with Gasteiger partial charge in [-0.05, 0) is 35.9 Å². The SMILES string of the molecule is COc1ccc(C(=O)/C=C/c2cccc(Br)c2)c(OC)c1. The van der Waals surface area contributed by atoms with Crippen molar-refractivity contribution < 1.29 is 14.3 Å². The van der Waals surface area contributed by atoms with Crippen LogP contribution >= 0.6 is 15.9 Å². The fourth-order valence-corrected chi connectivity index (χ4v) is 2.29. The van der Waals surface area contributed by atoms with Gasteiger partial charge in [-0.15, -0.1) is 0 Å². The van der Waals surface area contributed by atoms with Crippen molar-refractivity contribution in [1.29, 1.82) is 0 Å². The van der Waals surface area contributed by atoms with E-state index in [2.05, 4.69) is 15.9 Å². The molecule has 2 rings (SSSR count). The van der Waals surface area contributed by atoms with Crippen LogP contribution in [-0.4, -0.2) is 20.0 Å². The molecule has 0 bridgehead atoms. The van der Waals surface area contributed by atoms with Gasteiger partial charge >= 0.3 is 0 Å². The molecule has 21 heavy (non-hydrogen) atoms. The Balaban J connectivity index is 2.24. The summed E-state index contributed by atoms with van der Waals surface area (Å²) in [5.41, 5.74) is 1.45. The van der Waals surface area contributed by atoms with Gasteiger partial charge in [0, 0.05) is 10.5 Å². The Bertz CT molecular complexity index is 677. The topological polar surface area (TPSA) is 35.5 Å². The van der Waals surface area contributed by atoms with E-state index in [4.69, 9.17) is 9.47 Å². The lowest BCUT2D eigenvalue weighted by molar-refractivity contribution is 0.104.